The molecule has 1 heterocycles. The van der Waals surface area contributed by atoms with Crippen LogP contribution in [0.5, 0.6) is 5.75 Å². The number of aryl methyl sites for hydroxylation is 1. The fraction of sp³-hybridized carbons (Fsp3) is 0.375. The van der Waals surface area contributed by atoms with E-state index in [1.807, 2.05) is 38.1 Å². The number of hydrogen-bond acceptors (Lipinski definition) is 4. The minimum atomic E-state index is 0.0563. The molecule has 0 aliphatic rings. The normalized spacial score (nSPS) is 10.4. The van der Waals surface area contributed by atoms with Crippen molar-refractivity contribution in [1.29, 1.82) is 0 Å². The van der Waals surface area contributed by atoms with Crippen molar-refractivity contribution in [2.24, 2.45) is 0 Å². The van der Waals surface area contributed by atoms with Crippen LogP contribution in [-0.4, -0.2) is 24.5 Å². The van der Waals surface area contributed by atoms with Gasteiger partial charge in [0.2, 0.25) is 5.91 Å². The number of rotatable bonds is 6. The van der Waals surface area contributed by atoms with Crippen molar-refractivity contribution in [3.8, 4) is 16.3 Å². The highest BCUT2D eigenvalue weighted by atomic mass is 32.1. The molecule has 0 radical (unpaired) electrons. The molecule has 5 heteroatoms. The summed E-state index contributed by atoms with van der Waals surface area (Å²) in [7, 11) is 1.65. The van der Waals surface area contributed by atoms with Crippen molar-refractivity contribution in [3.63, 3.8) is 0 Å². The lowest BCUT2D eigenvalue weighted by Gasteiger charge is -2.02. The quantitative estimate of drug-likeness (QED) is 0.891. The smallest absolute Gasteiger partial charge is 0.225 e. The molecule has 1 N–H and O–H groups in total. The number of benzene rings is 1. The number of aromatic nitrogens is 1. The lowest BCUT2D eigenvalue weighted by molar-refractivity contribution is -0.120. The van der Waals surface area contributed by atoms with Gasteiger partial charge in [-0.2, -0.15) is 0 Å². The molecule has 0 saturated carbocycles. The van der Waals surface area contributed by atoms with Crippen LogP contribution in [0.4, 0.5) is 0 Å². The van der Waals surface area contributed by atoms with Gasteiger partial charge in [-0.25, -0.2) is 4.98 Å². The van der Waals surface area contributed by atoms with Crippen LogP contribution in [0.2, 0.25) is 0 Å². The zero-order valence-electron chi connectivity index (χ0n) is 12.6. The maximum absolute atomic E-state index is 11.8. The van der Waals surface area contributed by atoms with Crippen molar-refractivity contribution in [3.05, 3.63) is 34.8 Å². The van der Waals surface area contributed by atoms with E-state index in [1.165, 1.54) is 0 Å². The Balaban J connectivity index is 2.16. The molecule has 1 amide bonds. The maximum Gasteiger partial charge on any atom is 0.225 e. The average Bonchev–Trinajstić information content (AvgIpc) is 2.86. The molecular formula is C16H20N2O2S. The lowest BCUT2D eigenvalue weighted by Crippen LogP contribution is -2.25. The molecule has 2 aromatic rings. The summed E-state index contributed by atoms with van der Waals surface area (Å²) in [6.07, 6.45) is 1.34. The predicted octanol–water partition coefficient (Wildman–Crippen LogP) is 3.20. The molecule has 0 saturated heterocycles. The van der Waals surface area contributed by atoms with Crippen LogP contribution in [0.1, 0.15) is 23.9 Å². The van der Waals surface area contributed by atoms with Gasteiger partial charge in [-0.05, 0) is 25.5 Å². The molecule has 1 aromatic carbocycles. The number of nitrogens with one attached hydrogen (secondary N) is 1. The van der Waals surface area contributed by atoms with E-state index in [0.29, 0.717) is 6.42 Å². The third-order valence-corrected chi connectivity index (χ3v) is 4.31. The van der Waals surface area contributed by atoms with Crippen molar-refractivity contribution in [2.45, 2.75) is 26.7 Å². The average molecular weight is 304 g/mol. The van der Waals surface area contributed by atoms with Gasteiger partial charge in [0.25, 0.3) is 0 Å². The van der Waals surface area contributed by atoms with Crippen LogP contribution < -0.4 is 10.1 Å². The number of hydrogen-bond donors (Lipinski definition) is 1. The van der Waals surface area contributed by atoms with E-state index >= 15 is 0 Å². The van der Waals surface area contributed by atoms with Crippen molar-refractivity contribution in [1.82, 2.24) is 10.3 Å². The lowest BCUT2D eigenvalue weighted by atomic mass is 10.2. The van der Waals surface area contributed by atoms with Crippen molar-refractivity contribution >= 4 is 17.2 Å². The number of methoxy groups -OCH3 is 1. The molecule has 21 heavy (non-hydrogen) atoms. The van der Waals surface area contributed by atoms with Gasteiger partial charge in [0.1, 0.15) is 10.8 Å². The monoisotopic (exact) mass is 304 g/mol. The van der Waals surface area contributed by atoms with E-state index in [4.69, 9.17) is 4.74 Å². The highest BCUT2D eigenvalue weighted by molar-refractivity contribution is 7.15. The van der Waals surface area contributed by atoms with Gasteiger partial charge in [0, 0.05) is 17.0 Å². The third-order valence-electron chi connectivity index (χ3n) is 3.10. The van der Waals surface area contributed by atoms with Crippen LogP contribution in [-0.2, 0) is 11.2 Å². The molecule has 0 fully saturated rings. The van der Waals surface area contributed by atoms with E-state index in [9.17, 15) is 4.79 Å². The number of carbonyl (C=O) groups excluding carboxylic acids is 1. The first-order valence-electron chi connectivity index (χ1n) is 7.01. The van der Waals surface area contributed by atoms with Gasteiger partial charge in [-0.1, -0.05) is 19.1 Å². The van der Waals surface area contributed by atoms with Crippen LogP contribution in [0.15, 0.2) is 24.3 Å². The minimum Gasteiger partial charge on any atom is -0.497 e. The summed E-state index contributed by atoms with van der Waals surface area (Å²) >= 11 is 1.57. The molecule has 4 nitrogen and oxygen atoms in total. The molecule has 1 aromatic heterocycles. The zero-order valence-corrected chi connectivity index (χ0v) is 13.4. The van der Waals surface area contributed by atoms with Crippen LogP contribution in [0, 0.1) is 6.92 Å². The number of carbonyl (C=O) groups is 1. The van der Waals surface area contributed by atoms with Crippen molar-refractivity contribution in [2.75, 3.05) is 13.7 Å². The third kappa shape index (κ3) is 4.04. The molecule has 0 unspecified atom stereocenters. The van der Waals surface area contributed by atoms with Gasteiger partial charge in [-0.15, -0.1) is 11.3 Å². The molecule has 2 rings (SSSR count). The summed E-state index contributed by atoms with van der Waals surface area (Å²) < 4.78 is 5.23. The van der Waals surface area contributed by atoms with Gasteiger partial charge in [0.05, 0.1) is 19.2 Å². The summed E-state index contributed by atoms with van der Waals surface area (Å²) in [5, 5.41) is 3.82. The Kier molecular flexibility index (Phi) is 5.33. The Bertz CT molecular complexity index is 622. The summed E-state index contributed by atoms with van der Waals surface area (Å²) in [6, 6.07) is 7.81. The Morgan fingerprint density at radius 3 is 2.95 bits per heavy atom. The number of nitrogens with zero attached hydrogens (tertiary/aromatic N) is 1. The second-order valence-corrected chi connectivity index (χ2v) is 5.87. The number of thiazole rings is 1. The summed E-state index contributed by atoms with van der Waals surface area (Å²) in [4.78, 5) is 17.4. The zero-order chi connectivity index (χ0) is 15.2. The fourth-order valence-electron chi connectivity index (χ4n) is 1.94. The summed E-state index contributed by atoms with van der Waals surface area (Å²) in [6.45, 7) is 4.71. The molecule has 0 spiro atoms. The highest BCUT2D eigenvalue weighted by Gasteiger charge is 2.13. The fourth-order valence-corrected chi connectivity index (χ4v) is 3.00. The molecule has 0 aliphatic carbocycles. The Labute approximate surface area is 129 Å². The van der Waals surface area contributed by atoms with Crippen LogP contribution in [0.3, 0.4) is 0 Å². The number of amides is 1. The first-order chi connectivity index (χ1) is 10.1. The Morgan fingerprint density at radius 1 is 1.43 bits per heavy atom. The highest BCUT2D eigenvalue weighted by Crippen LogP contribution is 2.30. The van der Waals surface area contributed by atoms with E-state index < -0.39 is 0 Å². The van der Waals surface area contributed by atoms with Gasteiger partial charge >= 0.3 is 0 Å². The summed E-state index contributed by atoms with van der Waals surface area (Å²) in [5.41, 5.74) is 1.94. The molecule has 0 aliphatic heterocycles. The Hall–Kier alpha value is -1.88. The second-order valence-electron chi connectivity index (χ2n) is 4.79. The van der Waals surface area contributed by atoms with Gasteiger partial charge < -0.3 is 10.1 Å². The molecule has 0 atom stereocenters. The standard InChI is InChI=1S/C16H20N2O2S/c1-4-8-17-15(19)10-14-11(2)18-16(21-14)12-6-5-7-13(9-12)20-3/h5-7,9H,4,8,10H2,1-3H3,(H,17,19). The second kappa shape index (κ2) is 7.22. The van der Waals surface area contributed by atoms with E-state index in [1.54, 1.807) is 18.4 Å². The predicted molar refractivity (Wildman–Crippen MR) is 85.8 cm³/mol. The topological polar surface area (TPSA) is 51.2 Å². The largest absolute Gasteiger partial charge is 0.497 e. The van der Waals surface area contributed by atoms with Crippen LogP contribution in [0.25, 0.3) is 10.6 Å². The molecular weight excluding hydrogens is 284 g/mol. The first kappa shape index (κ1) is 15.5. The van der Waals surface area contributed by atoms with Gasteiger partial charge in [0.15, 0.2) is 0 Å². The minimum absolute atomic E-state index is 0.0563. The molecule has 112 valence electrons. The Morgan fingerprint density at radius 2 is 2.24 bits per heavy atom. The SMILES string of the molecule is CCCNC(=O)Cc1sc(-c2cccc(OC)c2)nc1C. The van der Waals surface area contributed by atoms with Crippen molar-refractivity contribution < 1.29 is 9.53 Å². The first-order valence-corrected chi connectivity index (χ1v) is 7.83. The van der Waals surface area contributed by atoms with E-state index in [2.05, 4.69) is 10.3 Å². The summed E-state index contributed by atoms with van der Waals surface area (Å²) in [5.74, 6) is 0.864. The van der Waals surface area contributed by atoms with Crippen LogP contribution >= 0.6 is 11.3 Å². The van der Waals surface area contributed by atoms with E-state index in [0.717, 1.165) is 39.9 Å². The molecule has 0 bridgehead atoms. The number of ether oxygens (including phenoxy) is 1. The van der Waals surface area contributed by atoms with E-state index in [-0.39, 0.29) is 5.91 Å². The van der Waals surface area contributed by atoms with Gasteiger partial charge in [-0.3, -0.25) is 4.79 Å². The maximum atomic E-state index is 11.8.